The zero-order valence-electron chi connectivity index (χ0n) is 14.7. The van der Waals surface area contributed by atoms with Crippen molar-refractivity contribution < 1.29 is 4.79 Å². The lowest BCUT2D eigenvalue weighted by Crippen LogP contribution is -2.54. The molecule has 24 heavy (non-hydrogen) atoms. The Morgan fingerprint density at radius 3 is 2.58 bits per heavy atom. The molecule has 3 rings (SSSR count). The second-order valence-corrected chi connectivity index (χ2v) is 7.34. The third-order valence-corrected chi connectivity index (χ3v) is 5.16. The van der Waals surface area contributed by atoms with Gasteiger partial charge in [-0.3, -0.25) is 4.79 Å². The van der Waals surface area contributed by atoms with Crippen molar-refractivity contribution >= 4 is 30.7 Å². The van der Waals surface area contributed by atoms with Crippen LogP contribution in [0.25, 0.3) is 0 Å². The molecule has 1 amide bonds. The molecule has 1 fully saturated rings. The van der Waals surface area contributed by atoms with Crippen molar-refractivity contribution in [1.82, 2.24) is 19.7 Å². The molecule has 1 aromatic rings. The summed E-state index contributed by atoms with van der Waals surface area (Å²) in [5, 5.41) is 8.56. The van der Waals surface area contributed by atoms with Gasteiger partial charge in [0.2, 0.25) is 5.91 Å². The molecule has 1 aromatic heterocycles. The highest BCUT2D eigenvalue weighted by atomic mass is 35.5. The van der Waals surface area contributed by atoms with Crippen LogP contribution in [-0.4, -0.2) is 37.7 Å². The maximum Gasteiger partial charge on any atom is 0.227 e. The molecule has 2 N–H and O–H groups in total. The Bertz CT molecular complexity index is 573. The van der Waals surface area contributed by atoms with Crippen molar-refractivity contribution in [2.45, 2.75) is 71.0 Å². The number of aromatic nitrogens is 3. The van der Waals surface area contributed by atoms with Crippen molar-refractivity contribution in [3.05, 3.63) is 11.6 Å². The SMILES string of the molecule is CC(C)c1nnc2n1CCN(C(=O)C1CCCCC1(C)N)C2.Cl.Cl. The number of amides is 1. The van der Waals surface area contributed by atoms with E-state index in [9.17, 15) is 4.79 Å². The highest BCUT2D eigenvalue weighted by molar-refractivity contribution is 5.85. The number of rotatable bonds is 2. The predicted octanol–water partition coefficient (Wildman–Crippen LogP) is 2.49. The topological polar surface area (TPSA) is 77.0 Å². The maximum absolute atomic E-state index is 12.9. The van der Waals surface area contributed by atoms with Gasteiger partial charge < -0.3 is 15.2 Å². The Morgan fingerprint density at radius 2 is 1.96 bits per heavy atom. The van der Waals surface area contributed by atoms with E-state index in [1.165, 1.54) is 0 Å². The Morgan fingerprint density at radius 1 is 1.25 bits per heavy atom. The molecule has 8 heteroatoms. The molecule has 0 bridgehead atoms. The van der Waals surface area contributed by atoms with E-state index in [1.54, 1.807) is 0 Å². The molecular weight excluding hydrogens is 349 g/mol. The van der Waals surface area contributed by atoms with Crippen LogP contribution >= 0.6 is 24.8 Å². The third-order valence-electron chi connectivity index (χ3n) is 5.16. The summed E-state index contributed by atoms with van der Waals surface area (Å²) in [6.07, 6.45) is 4.07. The van der Waals surface area contributed by atoms with Gasteiger partial charge in [-0.15, -0.1) is 35.0 Å². The van der Waals surface area contributed by atoms with Crippen LogP contribution in [0.4, 0.5) is 0 Å². The highest BCUT2D eigenvalue weighted by Gasteiger charge is 2.40. The normalized spacial score (nSPS) is 26.4. The van der Waals surface area contributed by atoms with Gasteiger partial charge >= 0.3 is 0 Å². The van der Waals surface area contributed by atoms with Crippen LogP contribution in [0.2, 0.25) is 0 Å². The lowest BCUT2D eigenvalue weighted by atomic mass is 9.74. The first kappa shape index (κ1) is 21.2. The van der Waals surface area contributed by atoms with Gasteiger partial charge in [0, 0.05) is 24.5 Å². The molecule has 2 aliphatic rings. The van der Waals surface area contributed by atoms with Crippen molar-refractivity contribution in [1.29, 1.82) is 0 Å². The fourth-order valence-electron chi connectivity index (χ4n) is 3.78. The minimum Gasteiger partial charge on any atom is -0.333 e. The lowest BCUT2D eigenvalue weighted by molar-refractivity contribution is -0.140. The van der Waals surface area contributed by atoms with Crippen LogP contribution in [0, 0.1) is 5.92 Å². The van der Waals surface area contributed by atoms with Gasteiger partial charge in [-0.25, -0.2) is 0 Å². The van der Waals surface area contributed by atoms with Gasteiger partial charge in [0.25, 0.3) is 0 Å². The van der Waals surface area contributed by atoms with E-state index in [2.05, 4.69) is 28.6 Å². The number of carbonyl (C=O) groups excluding carboxylic acids is 1. The molecule has 2 heterocycles. The van der Waals surface area contributed by atoms with E-state index in [0.717, 1.165) is 50.4 Å². The molecule has 1 aliphatic carbocycles. The van der Waals surface area contributed by atoms with Crippen LogP contribution in [-0.2, 0) is 17.9 Å². The summed E-state index contributed by atoms with van der Waals surface area (Å²) in [5.41, 5.74) is 6.02. The number of nitrogens with zero attached hydrogens (tertiary/aromatic N) is 4. The van der Waals surface area contributed by atoms with E-state index < -0.39 is 0 Å². The van der Waals surface area contributed by atoms with Gasteiger partial charge in [-0.1, -0.05) is 26.7 Å². The summed E-state index contributed by atoms with van der Waals surface area (Å²) in [6, 6.07) is 0. The zero-order chi connectivity index (χ0) is 15.9. The first-order valence-corrected chi connectivity index (χ1v) is 8.40. The minimum absolute atomic E-state index is 0. The molecule has 2 atom stereocenters. The number of carbonyl (C=O) groups is 1. The van der Waals surface area contributed by atoms with Crippen LogP contribution in [0.5, 0.6) is 0 Å². The summed E-state index contributed by atoms with van der Waals surface area (Å²) in [7, 11) is 0. The molecule has 0 saturated heterocycles. The molecular formula is C16H29Cl2N5O. The van der Waals surface area contributed by atoms with E-state index in [0.29, 0.717) is 12.5 Å². The molecule has 0 aromatic carbocycles. The van der Waals surface area contributed by atoms with Crippen LogP contribution < -0.4 is 5.73 Å². The Kier molecular flexibility index (Phi) is 7.08. The largest absolute Gasteiger partial charge is 0.333 e. The molecule has 0 spiro atoms. The molecule has 1 aliphatic heterocycles. The predicted molar refractivity (Wildman–Crippen MR) is 98.6 cm³/mol. The average Bonchev–Trinajstić information content (AvgIpc) is 2.89. The summed E-state index contributed by atoms with van der Waals surface area (Å²) in [6.45, 7) is 8.35. The lowest BCUT2D eigenvalue weighted by Gasteiger charge is -2.40. The van der Waals surface area contributed by atoms with Crippen molar-refractivity contribution in [2.75, 3.05) is 6.54 Å². The number of halogens is 2. The van der Waals surface area contributed by atoms with E-state index in [1.807, 2.05) is 11.8 Å². The fourth-order valence-corrected chi connectivity index (χ4v) is 3.78. The number of nitrogens with two attached hydrogens (primary N) is 1. The van der Waals surface area contributed by atoms with Crippen molar-refractivity contribution in [3.8, 4) is 0 Å². The molecule has 6 nitrogen and oxygen atoms in total. The second kappa shape index (κ2) is 8.02. The molecule has 0 radical (unpaired) electrons. The molecule has 138 valence electrons. The molecule has 1 saturated carbocycles. The first-order chi connectivity index (χ1) is 10.4. The third kappa shape index (κ3) is 3.86. The smallest absolute Gasteiger partial charge is 0.227 e. The van der Waals surface area contributed by atoms with E-state index >= 15 is 0 Å². The van der Waals surface area contributed by atoms with Crippen LogP contribution in [0.15, 0.2) is 0 Å². The Balaban J connectivity index is 0.00000144. The summed E-state index contributed by atoms with van der Waals surface area (Å²) in [5.74, 6) is 2.42. The fraction of sp³-hybridized carbons (Fsp3) is 0.812. The van der Waals surface area contributed by atoms with E-state index in [-0.39, 0.29) is 42.2 Å². The van der Waals surface area contributed by atoms with Gasteiger partial charge in [0.15, 0.2) is 5.82 Å². The highest BCUT2D eigenvalue weighted by Crippen LogP contribution is 2.33. The second-order valence-electron chi connectivity index (χ2n) is 7.34. The van der Waals surface area contributed by atoms with Gasteiger partial charge in [0.05, 0.1) is 12.5 Å². The summed E-state index contributed by atoms with van der Waals surface area (Å²) < 4.78 is 2.16. The van der Waals surface area contributed by atoms with Crippen LogP contribution in [0.3, 0.4) is 0 Å². The summed E-state index contributed by atoms with van der Waals surface area (Å²) >= 11 is 0. The monoisotopic (exact) mass is 377 g/mol. The average molecular weight is 378 g/mol. The quantitative estimate of drug-likeness (QED) is 0.858. The number of fused-ring (bicyclic) bond motifs is 1. The Hall–Kier alpha value is -0.850. The molecule has 2 unspecified atom stereocenters. The number of hydrogen-bond donors (Lipinski definition) is 1. The van der Waals surface area contributed by atoms with Gasteiger partial charge in [0.1, 0.15) is 5.82 Å². The minimum atomic E-state index is -0.371. The standard InChI is InChI=1S/C16H27N5O.2ClH/c1-11(2)14-19-18-13-10-20(8-9-21(13)14)15(22)12-6-4-5-7-16(12,3)17;;/h11-12H,4-10,17H2,1-3H3;2*1H. The van der Waals surface area contributed by atoms with Gasteiger partial charge in [-0.2, -0.15) is 0 Å². The van der Waals surface area contributed by atoms with Crippen molar-refractivity contribution in [2.24, 2.45) is 11.7 Å². The summed E-state index contributed by atoms with van der Waals surface area (Å²) in [4.78, 5) is 14.8. The van der Waals surface area contributed by atoms with Gasteiger partial charge in [-0.05, 0) is 19.8 Å². The zero-order valence-corrected chi connectivity index (χ0v) is 16.3. The van der Waals surface area contributed by atoms with Crippen molar-refractivity contribution in [3.63, 3.8) is 0 Å². The number of hydrogen-bond acceptors (Lipinski definition) is 4. The first-order valence-electron chi connectivity index (χ1n) is 8.40. The van der Waals surface area contributed by atoms with E-state index in [4.69, 9.17) is 5.73 Å². The Labute approximate surface area is 156 Å². The van der Waals surface area contributed by atoms with Crippen LogP contribution in [0.1, 0.15) is 64.0 Å². The maximum atomic E-state index is 12.9.